The fraction of sp³-hybridized carbons (Fsp3) is 0.167. The molecule has 1 aromatic heterocycles. The second-order valence-corrected chi connectivity index (χ2v) is 4.92. The van der Waals surface area contributed by atoms with Crippen LogP contribution in [0.5, 0.6) is 0 Å². The van der Waals surface area contributed by atoms with Crippen molar-refractivity contribution in [1.82, 2.24) is 0 Å². The minimum Gasteiger partial charge on any atom is -0.456 e. The minimum atomic E-state index is 0.0167. The molecule has 0 saturated carbocycles. The monoisotopic (exact) mass is 264 g/mol. The van der Waals surface area contributed by atoms with E-state index in [2.05, 4.69) is 6.92 Å². The van der Waals surface area contributed by atoms with Crippen LogP contribution in [0.3, 0.4) is 0 Å². The van der Waals surface area contributed by atoms with Gasteiger partial charge < -0.3 is 4.42 Å². The number of aryl methyl sites for hydroxylation is 1. The average molecular weight is 264 g/mol. The van der Waals surface area contributed by atoms with Gasteiger partial charge in [-0.15, -0.1) is 0 Å². The van der Waals surface area contributed by atoms with Crippen LogP contribution < -0.4 is 5.43 Å². The molecule has 0 unspecified atom stereocenters. The van der Waals surface area contributed by atoms with Gasteiger partial charge in [0.15, 0.2) is 5.43 Å². The molecule has 0 fully saturated rings. The van der Waals surface area contributed by atoms with Gasteiger partial charge in [-0.2, -0.15) is 0 Å². The zero-order valence-electron chi connectivity index (χ0n) is 11.4. The van der Waals surface area contributed by atoms with Crippen LogP contribution >= 0.6 is 0 Å². The van der Waals surface area contributed by atoms with E-state index in [0.717, 1.165) is 18.4 Å². The van der Waals surface area contributed by atoms with Crippen molar-refractivity contribution in [3.63, 3.8) is 0 Å². The summed E-state index contributed by atoms with van der Waals surface area (Å²) >= 11 is 0. The molecule has 0 aliphatic carbocycles. The van der Waals surface area contributed by atoms with Crippen LogP contribution in [-0.4, -0.2) is 0 Å². The topological polar surface area (TPSA) is 30.2 Å². The highest BCUT2D eigenvalue weighted by Gasteiger charge is 2.07. The summed E-state index contributed by atoms with van der Waals surface area (Å²) in [6.07, 6.45) is 2.05. The van der Waals surface area contributed by atoms with E-state index in [1.165, 1.54) is 5.56 Å². The van der Waals surface area contributed by atoms with Gasteiger partial charge in [0, 0.05) is 11.6 Å². The summed E-state index contributed by atoms with van der Waals surface area (Å²) in [4.78, 5) is 12.3. The molecule has 0 radical (unpaired) electrons. The molecule has 2 aromatic carbocycles. The molecule has 0 amide bonds. The Hall–Kier alpha value is -2.35. The zero-order valence-corrected chi connectivity index (χ0v) is 11.4. The molecule has 0 bridgehead atoms. The van der Waals surface area contributed by atoms with E-state index in [1.807, 2.05) is 48.5 Å². The van der Waals surface area contributed by atoms with Crippen LogP contribution in [0.15, 0.2) is 63.8 Å². The highest BCUT2D eigenvalue weighted by molar-refractivity contribution is 5.79. The van der Waals surface area contributed by atoms with E-state index in [4.69, 9.17) is 4.42 Å². The van der Waals surface area contributed by atoms with Gasteiger partial charge in [-0.05, 0) is 24.1 Å². The van der Waals surface area contributed by atoms with E-state index in [-0.39, 0.29) is 5.43 Å². The summed E-state index contributed by atoms with van der Waals surface area (Å²) in [5.74, 6) is 0.617. The standard InChI is InChI=1S/C18H16O2/c1-2-6-13-9-10-17-15(11-13)16(19)12-18(20-17)14-7-4-3-5-8-14/h3-5,7-12H,2,6H2,1H3. The molecule has 2 heteroatoms. The lowest BCUT2D eigenvalue weighted by atomic mass is 10.1. The summed E-state index contributed by atoms with van der Waals surface area (Å²) in [5, 5.41) is 0.663. The maximum atomic E-state index is 12.3. The number of fused-ring (bicyclic) bond motifs is 1. The maximum absolute atomic E-state index is 12.3. The van der Waals surface area contributed by atoms with Crippen LogP contribution in [-0.2, 0) is 6.42 Å². The van der Waals surface area contributed by atoms with Crippen LogP contribution in [0.1, 0.15) is 18.9 Å². The smallest absolute Gasteiger partial charge is 0.193 e. The van der Waals surface area contributed by atoms with E-state index in [9.17, 15) is 4.79 Å². The van der Waals surface area contributed by atoms with Gasteiger partial charge in [-0.3, -0.25) is 4.79 Å². The van der Waals surface area contributed by atoms with Crippen molar-refractivity contribution in [3.05, 3.63) is 70.4 Å². The van der Waals surface area contributed by atoms with Crippen molar-refractivity contribution in [3.8, 4) is 11.3 Å². The predicted octanol–water partition coefficient (Wildman–Crippen LogP) is 4.41. The number of hydrogen-bond acceptors (Lipinski definition) is 2. The van der Waals surface area contributed by atoms with Gasteiger partial charge in [-0.1, -0.05) is 49.7 Å². The van der Waals surface area contributed by atoms with Crippen molar-refractivity contribution in [2.24, 2.45) is 0 Å². The molecule has 1 heterocycles. The Morgan fingerprint density at radius 1 is 1.00 bits per heavy atom. The number of hydrogen-bond donors (Lipinski definition) is 0. The molecule has 100 valence electrons. The lowest BCUT2D eigenvalue weighted by Crippen LogP contribution is -2.01. The number of rotatable bonds is 3. The Morgan fingerprint density at radius 3 is 2.55 bits per heavy atom. The first-order chi connectivity index (χ1) is 9.78. The van der Waals surface area contributed by atoms with Crippen molar-refractivity contribution in [1.29, 1.82) is 0 Å². The summed E-state index contributed by atoms with van der Waals surface area (Å²) in [6, 6.07) is 17.1. The molecule has 0 saturated heterocycles. The highest BCUT2D eigenvalue weighted by Crippen LogP contribution is 2.22. The zero-order chi connectivity index (χ0) is 13.9. The van der Waals surface area contributed by atoms with Gasteiger partial charge in [-0.25, -0.2) is 0 Å². The minimum absolute atomic E-state index is 0.0167. The SMILES string of the molecule is CCCc1ccc2oc(-c3ccccc3)cc(=O)c2c1. The Labute approximate surface area is 117 Å². The van der Waals surface area contributed by atoms with Crippen molar-refractivity contribution < 1.29 is 4.42 Å². The third-order valence-electron chi connectivity index (χ3n) is 3.39. The first-order valence-corrected chi connectivity index (χ1v) is 6.90. The predicted molar refractivity (Wildman–Crippen MR) is 81.9 cm³/mol. The highest BCUT2D eigenvalue weighted by atomic mass is 16.3. The third kappa shape index (κ3) is 2.37. The van der Waals surface area contributed by atoms with Crippen LogP contribution in [0.4, 0.5) is 0 Å². The van der Waals surface area contributed by atoms with E-state index in [0.29, 0.717) is 16.7 Å². The molecule has 3 rings (SSSR count). The molecule has 20 heavy (non-hydrogen) atoms. The lowest BCUT2D eigenvalue weighted by Gasteiger charge is -2.05. The molecule has 0 aliphatic heterocycles. The molecular weight excluding hydrogens is 248 g/mol. The van der Waals surface area contributed by atoms with Gasteiger partial charge in [0.25, 0.3) is 0 Å². The molecule has 2 nitrogen and oxygen atoms in total. The van der Waals surface area contributed by atoms with Crippen molar-refractivity contribution >= 4 is 11.0 Å². The second-order valence-electron chi connectivity index (χ2n) is 4.92. The Kier molecular flexibility index (Phi) is 3.38. The lowest BCUT2D eigenvalue weighted by molar-refractivity contribution is 0.618. The van der Waals surface area contributed by atoms with Crippen molar-refractivity contribution in [2.75, 3.05) is 0 Å². The quantitative estimate of drug-likeness (QED) is 0.701. The molecule has 0 atom stereocenters. The Morgan fingerprint density at radius 2 is 1.80 bits per heavy atom. The molecule has 0 aliphatic rings. The Bertz CT molecular complexity index is 785. The molecule has 3 aromatic rings. The molecular formula is C18H16O2. The van der Waals surface area contributed by atoms with Gasteiger partial charge in [0.05, 0.1) is 5.39 Å². The number of benzene rings is 2. The summed E-state index contributed by atoms with van der Waals surface area (Å²) in [7, 11) is 0. The molecule has 0 spiro atoms. The largest absolute Gasteiger partial charge is 0.456 e. The van der Waals surface area contributed by atoms with Crippen LogP contribution in [0.2, 0.25) is 0 Å². The van der Waals surface area contributed by atoms with E-state index < -0.39 is 0 Å². The average Bonchev–Trinajstić information content (AvgIpc) is 2.49. The fourth-order valence-electron chi connectivity index (χ4n) is 2.39. The van der Waals surface area contributed by atoms with Gasteiger partial charge in [0.1, 0.15) is 11.3 Å². The van der Waals surface area contributed by atoms with Gasteiger partial charge >= 0.3 is 0 Å². The van der Waals surface area contributed by atoms with E-state index >= 15 is 0 Å². The maximum Gasteiger partial charge on any atom is 0.193 e. The Balaban J connectivity index is 2.16. The summed E-state index contributed by atoms with van der Waals surface area (Å²) in [5.41, 5.74) is 2.77. The van der Waals surface area contributed by atoms with Crippen molar-refractivity contribution in [2.45, 2.75) is 19.8 Å². The van der Waals surface area contributed by atoms with Crippen LogP contribution in [0.25, 0.3) is 22.3 Å². The fourth-order valence-corrected chi connectivity index (χ4v) is 2.39. The normalized spacial score (nSPS) is 10.8. The van der Waals surface area contributed by atoms with Gasteiger partial charge in [0.2, 0.25) is 0 Å². The first kappa shape index (κ1) is 12.7. The first-order valence-electron chi connectivity index (χ1n) is 6.90. The second kappa shape index (κ2) is 5.33. The summed E-state index contributed by atoms with van der Waals surface area (Å²) in [6.45, 7) is 2.13. The summed E-state index contributed by atoms with van der Waals surface area (Å²) < 4.78 is 5.86. The molecule has 0 N–H and O–H groups in total. The third-order valence-corrected chi connectivity index (χ3v) is 3.39. The van der Waals surface area contributed by atoms with E-state index in [1.54, 1.807) is 6.07 Å². The van der Waals surface area contributed by atoms with Crippen LogP contribution in [0, 0.1) is 0 Å².